The number of rotatable bonds is 11. The van der Waals surface area contributed by atoms with Crippen LogP contribution in [0.2, 0.25) is 0 Å². The second-order valence-electron chi connectivity index (χ2n) is 10.00. The molecule has 2 heterocycles. The van der Waals surface area contributed by atoms with Crippen LogP contribution in [0.4, 0.5) is 13.2 Å². The molecule has 2 N–H and O–H groups in total. The van der Waals surface area contributed by atoms with Crippen molar-refractivity contribution in [1.29, 1.82) is 0 Å². The normalized spacial score (nSPS) is 21.0. The van der Waals surface area contributed by atoms with Gasteiger partial charge < -0.3 is 29.5 Å². The summed E-state index contributed by atoms with van der Waals surface area (Å²) in [5.74, 6) is 0.385. The van der Waals surface area contributed by atoms with Crippen molar-refractivity contribution in [3.05, 3.63) is 47.5 Å². The molecule has 2 aliphatic heterocycles. The van der Waals surface area contributed by atoms with Crippen LogP contribution in [0.5, 0.6) is 11.5 Å². The number of nitrogens with zero attached hydrogens (tertiary/aromatic N) is 2. The summed E-state index contributed by atoms with van der Waals surface area (Å²) < 4.78 is 54.4. The zero-order valence-corrected chi connectivity index (χ0v) is 21.3. The molecule has 0 radical (unpaired) electrons. The molecule has 0 aromatic heterocycles. The quantitative estimate of drug-likeness (QED) is 0.428. The molecule has 0 saturated carbocycles. The van der Waals surface area contributed by atoms with E-state index in [4.69, 9.17) is 9.47 Å². The molecule has 2 aliphatic rings. The highest BCUT2D eigenvalue weighted by atomic mass is 19.4. The Morgan fingerprint density at radius 2 is 1.32 bits per heavy atom. The van der Waals surface area contributed by atoms with E-state index in [1.54, 1.807) is 31.2 Å². The number of aliphatic hydroxyl groups is 2. The van der Waals surface area contributed by atoms with Gasteiger partial charge in [0, 0.05) is 39.3 Å². The third-order valence-electron chi connectivity index (χ3n) is 7.13. The molecule has 0 unspecified atom stereocenters. The monoisotopic (exact) mass is 522 g/mol. The van der Waals surface area contributed by atoms with Crippen LogP contribution in [0.1, 0.15) is 36.8 Å². The maximum absolute atomic E-state index is 14.3. The fourth-order valence-corrected chi connectivity index (χ4v) is 5.20. The summed E-state index contributed by atoms with van der Waals surface area (Å²) >= 11 is 0. The van der Waals surface area contributed by atoms with Crippen LogP contribution in [-0.2, 0) is 6.18 Å². The topological polar surface area (TPSA) is 65.4 Å². The Kier molecular flexibility index (Phi) is 9.34. The first-order valence-corrected chi connectivity index (χ1v) is 13.1. The van der Waals surface area contributed by atoms with Crippen molar-refractivity contribution >= 4 is 0 Å². The van der Waals surface area contributed by atoms with Gasteiger partial charge in [-0.25, -0.2) is 0 Å². The number of hydrogen-bond acceptors (Lipinski definition) is 6. The Bertz CT molecular complexity index is 1030. The first-order valence-electron chi connectivity index (χ1n) is 13.1. The predicted octanol–water partition coefficient (Wildman–Crippen LogP) is 4.35. The molecule has 2 fully saturated rings. The van der Waals surface area contributed by atoms with Crippen LogP contribution in [0.25, 0.3) is 11.1 Å². The molecule has 0 spiro atoms. The summed E-state index contributed by atoms with van der Waals surface area (Å²) in [5.41, 5.74) is 0.402. The fraction of sp³-hybridized carbons (Fsp3) is 0.571. The van der Waals surface area contributed by atoms with Crippen LogP contribution in [-0.4, -0.2) is 84.7 Å². The second kappa shape index (κ2) is 12.5. The van der Waals surface area contributed by atoms with Crippen molar-refractivity contribution in [2.45, 2.75) is 51.0 Å². The molecule has 0 amide bonds. The van der Waals surface area contributed by atoms with Crippen LogP contribution in [0.15, 0.2) is 36.4 Å². The average Bonchev–Trinajstić information content (AvgIpc) is 3.47. The van der Waals surface area contributed by atoms with Gasteiger partial charge in [0.25, 0.3) is 0 Å². The number of halogens is 3. The Labute approximate surface area is 216 Å². The van der Waals surface area contributed by atoms with Gasteiger partial charge in [-0.3, -0.25) is 0 Å². The largest absolute Gasteiger partial charge is 0.493 e. The molecule has 4 rings (SSSR count). The van der Waals surface area contributed by atoms with E-state index in [0.29, 0.717) is 49.5 Å². The molecule has 204 valence electrons. The van der Waals surface area contributed by atoms with E-state index in [-0.39, 0.29) is 30.1 Å². The number of hydrogen-bond donors (Lipinski definition) is 2. The Morgan fingerprint density at radius 1 is 0.811 bits per heavy atom. The maximum atomic E-state index is 14.3. The van der Waals surface area contributed by atoms with Gasteiger partial charge in [0.2, 0.25) is 0 Å². The lowest BCUT2D eigenvalue weighted by atomic mass is 9.94. The van der Waals surface area contributed by atoms with Gasteiger partial charge in [-0.05, 0) is 61.4 Å². The molecule has 37 heavy (non-hydrogen) atoms. The molecule has 0 aliphatic carbocycles. The third kappa shape index (κ3) is 7.37. The molecule has 2 atom stereocenters. The molecule has 6 nitrogen and oxygen atoms in total. The van der Waals surface area contributed by atoms with E-state index in [1.807, 2.05) is 0 Å². The van der Waals surface area contributed by atoms with E-state index in [2.05, 4.69) is 9.80 Å². The van der Waals surface area contributed by atoms with Gasteiger partial charge >= 0.3 is 6.18 Å². The van der Waals surface area contributed by atoms with Gasteiger partial charge in [0.15, 0.2) is 0 Å². The first kappa shape index (κ1) is 27.7. The summed E-state index contributed by atoms with van der Waals surface area (Å²) in [5, 5.41) is 19.3. The van der Waals surface area contributed by atoms with E-state index in [0.717, 1.165) is 38.9 Å². The average molecular weight is 523 g/mol. The molecule has 2 aromatic carbocycles. The summed E-state index contributed by atoms with van der Waals surface area (Å²) in [6, 6.07) is 9.62. The zero-order chi connectivity index (χ0) is 26.4. The minimum absolute atomic E-state index is 0.0710. The van der Waals surface area contributed by atoms with E-state index in [1.165, 1.54) is 12.1 Å². The zero-order valence-electron chi connectivity index (χ0n) is 21.3. The number of likely N-dealkylation sites (tertiary alicyclic amines) is 2. The van der Waals surface area contributed by atoms with Gasteiger partial charge in [-0.2, -0.15) is 13.2 Å². The van der Waals surface area contributed by atoms with Gasteiger partial charge in [-0.15, -0.1) is 0 Å². The van der Waals surface area contributed by atoms with Gasteiger partial charge in [0.1, 0.15) is 17.1 Å². The van der Waals surface area contributed by atoms with Crippen LogP contribution in [0, 0.1) is 6.92 Å². The lowest BCUT2D eigenvalue weighted by Gasteiger charge is -2.21. The highest BCUT2D eigenvalue weighted by molar-refractivity contribution is 5.75. The maximum Gasteiger partial charge on any atom is 0.420 e. The lowest BCUT2D eigenvalue weighted by molar-refractivity contribution is -0.138. The molecular weight excluding hydrogens is 485 g/mol. The second-order valence-corrected chi connectivity index (χ2v) is 10.00. The number of ether oxygens (including phenoxy) is 2. The van der Waals surface area contributed by atoms with Crippen LogP contribution < -0.4 is 9.47 Å². The Balaban J connectivity index is 1.43. The fourth-order valence-electron chi connectivity index (χ4n) is 5.20. The van der Waals surface area contributed by atoms with E-state index < -0.39 is 11.7 Å². The third-order valence-corrected chi connectivity index (χ3v) is 7.13. The molecule has 2 aromatic rings. The highest BCUT2D eigenvalue weighted by Gasteiger charge is 2.38. The van der Waals surface area contributed by atoms with Crippen molar-refractivity contribution in [2.24, 2.45) is 0 Å². The number of β-amino-alcohol motifs (C(OH)–C–C–N with tert-alkyl or cyclic N) is 2. The summed E-state index contributed by atoms with van der Waals surface area (Å²) in [7, 11) is 0. The van der Waals surface area contributed by atoms with Crippen molar-refractivity contribution in [1.82, 2.24) is 9.80 Å². The number of alkyl halides is 3. The minimum Gasteiger partial charge on any atom is -0.493 e. The number of benzene rings is 2. The first-order chi connectivity index (χ1) is 17.7. The van der Waals surface area contributed by atoms with Crippen molar-refractivity contribution in [2.75, 3.05) is 52.5 Å². The standard InChI is InChI=1S/C28H37F3N2O4/c1-20-23(6-2-8-25(20)36-16-4-12-32-14-10-21(34)18-32)24-7-3-9-26(27(24)28(29,30)31)37-17-5-13-33-15-11-22(35)19-33/h2-3,6-9,21-22,34-35H,4-5,10-19H2,1H3/t21-,22-/m1/s1. The SMILES string of the molecule is Cc1c(OCCCN2CC[C@@H](O)C2)cccc1-c1cccc(OCCCN2CC[C@@H](O)C2)c1C(F)(F)F. The van der Waals surface area contributed by atoms with E-state index in [9.17, 15) is 23.4 Å². The lowest BCUT2D eigenvalue weighted by Crippen LogP contribution is -2.24. The number of aliphatic hydroxyl groups excluding tert-OH is 2. The van der Waals surface area contributed by atoms with Gasteiger partial charge in [0.05, 0.1) is 25.4 Å². The molecule has 9 heteroatoms. The predicted molar refractivity (Wildman–Crippen MR) is 136 cm³/mol. The van der Waals surface area contributed by atoms with E-state index >= 15 is 0 Å². The highest BCUT2D eigenvalue weighted by Crippen LogP contribution is 2.44. The smallest absolute Gasteiger partial charge is 0.420 e. The molecule has 0 bridgehead atoms. The van der Waals surface area contributed by atoms with Crippen LogP contribution >= 0.6 is 0 Å². The van der Waals surface area contributed by atoms with Crippen molar-refractivity contribution < 1.29 is 32.9 Å². The van der Waals surface area contributed by atoms with Crippen molar-refractivity contribution in [3.8, 4) is 22.6 Å². The Morgan fingerprint density at radius 3 is 1.84 bits per heavy atom. The summed E-state index contributed by atoms with van der Waals surface area (Å²) in [4.78, 5) is 4.28. The minimum atomic E-state index is -4.59. The summed E-state index contributed by atoms with van der Waals surface area (Å²) in [6.07, 6.45) is -2.32. The molecule has 2 saturated heterocycles. The Hall–Kier alpha value is -2.33. The van der Waals surface area contributed by atoms with Crippen LogP contribution in [0.3, 0.4) is 0 Å². The van der Waals surface area contributed by atoms with Gasteiger partial charge in [-0.1, -0.05) is 24.3 Å². The summed E-state index contributed by atoms with van der Waals surface area (Å²) in [6.45, 7) is 6.81. The van der Waals surface area contributed by atoms with Crippen molar-refractivity contribution in [3.63, 3.8) is 0 Å². The molecular formula is C28H37F3N2O4.